The van der Waals surface area contributed by atoms with Crippen molar-refractivity contribution in [3.63, 3.8) is 0 Å². The fourth-order valence-electron chi connectivity index (χ4n) is 5.40. The number of hydrogen-bond donors (Lipinski definition) is 0. The van der Waals surface area contributed by atoms with Crippen LogP contribution in [0, 0.1) is 5.82 Å². The minimum atomic E-state index is -5.03. The lowest BCUT2D eigenvalue weighted by molar-refractivity contribution is -0.140. The maximum absolute atomic E-state index is 14.1. The molecule has 2 aromatic heterocycles. The van der Waals surface area contributed by atoms with Crippen LogP contribution in [0.25, 0.3) is 16.7 Å². The maximum atomic E-state index is 14.1. The fourth-order valence-corrected chi connectivity index (χ4v) is 6.93. The molecule has 9 nitrogen and oxygen atoms in total. The van der Waals surface area contributed by atoms with E-state index in [9.17, 15) is 35.6 Å². The summed E-state index contributed by atoms with van der Waals surface area (Å²) in [5.74, 6) is -1.97. The third-order valence-corrected chi connectivity index (χ3v) is 9.81. The molecule has 250 valence electrons. The first-order valence-electron chi connectivity index (χ1n) is 14.8. The van der Waals surface area contributed by atoms with Crippen LogP contribution in [0.5, 0.6) is 5.75 Å². The Hall–Kier alpha value is -5.11. The minimum absolute atomic E-state index is 0.0332. The molecule has 0 spiro atoms. The zero-order valence-electron chi connectivity index (χ0n) is 26.0. The average Bonchev–Trinajstić information content (AvgIpc) is 3.06. The van der Waals surface area contributed by atoms with Gasteiger partial charge in [0.2, 0.25) is 5.91 Å². The van der Waals surface area contributed by atoms with Gasteiger partial charge in [0.05, 0.1) is 40.6 Å². The number of pyridine rings is 1. The summed E-state index contributed by atoms with van der Waals surface area (Å²) in [5, 5.41) is -1.45. The first-order valence-corrected chi connectivity index (χ1v) is 16.3. The van der Waals surface area contributed by atoms with Crippen molar-refractivity contribution in [1.29, 1.82) is 0 Å². The van der Waals surface area contributed by atoms with E-state index >= 15 is 0 Å². The molecule has 0 saturated heterocycles. The molecule has 0 aliphatic heterocycles. The highest BCUT2D eigenvalue weighted by atomic mass is 32.2. The third-order valence-electron chi connectivity index (χ3n) is 7.76. The van der Waals surface area contributed by atoms with Gasteiger partial charge in [-0.15, -0.1) is 0 Å². The molecule has 14 heteroatoms. The topological polar surface area (TPSA) is 111 Å². The van der Waals surface area contributed by atoms with Gasteiger partial charge in [-0.1, -0.05) is 24.3 Å². The van der Waals surface area contributed by atoms with Crippen LogP contribution in [-0.4, -0.2) is 45.7 Å². The van der Waals surface area contributed by atoms with E-state index in [2.05, 4.69) is 9.97 Å². The number of nitrogens with zero attached hydrogens (tertiary/aromatic N) is 4. The molecule has 0 aliphatic rings. The van der Waals surface area contributed by atoms with Crippen LogP contribution in [0.1, 0.15) is 43.8 Å². The highest BCUT2D eigenvalue weighted by Gasteiger charge is 2.39. The van der Waals surface area contributed by atoms with E-state index in [0.29, 0.717) is 30.2 Å². The number of ether oxygens (including phenoxy) is 1. The SMILES string of the molecule is CCOc1ccc(-n2c(C(C)N(C(=O)Cc3ccc(F)c(C(F)(F)F)c3)C(C)S(=O)(=O)c3ccccc3)nc3ncccc3c2=O)cc1. The maximum Gasteiger partial charge on any atom is 0.419 e. The number of hydrogen-bond acceptors (Lipinski definition) is 7. The molecule has 0 saturated carbocycles. The predicted molar refractivity (Wildman–Crippen MR) is 170 cm³/mol. The van der Waals surface area contributed by atoms with Gasteiger partial charge in [-0.05, 0) is 87.0 Å². The second-order valence-corrected chi connectivity index (χ2v) is 13.1. The number of aromatic nitrogens is 3. The van der Waals surface area contributed by atoms with Crippen LogP contribution < -0.4 is 10.3 Å². The molecule has 0 radical (unpaired) electrons. The summed E-state index contributed by atoms with van der Waals surface area (Å²) in [7, 11) is -4.29. The molecule has 0 aliphatic carbocycles. The Morgan fingerprint density at radius 3 is 2.31 bits per heavy atom. The standard InChI is InChI=1S/C34H30F4N4O5S/c1-4-47-25-15-13-24(14-16-25)42-32(40-31-27(33(42)44)11-8-18-39-31)21(2)41(22(3)48(45,46)26-9-6-5-7-10-26)30(43)20-23-12-17-29(35)28(19-23)34(36,37)38/h5-19,21-22H,4,20H2,1-3H3. The van der Waals surface area contributed by atoms with E-state index in [1.807, 2.05) is 6.92 Å². The number of carbonyl (C=O) groups excluding carboxylic acids is 1. The van der Waals surface area contributed by atoms with Crippen molar-refractivity contribution in [2.75, 3.05) is 6.61 Å². The van der Waals surface area contributed by atoms with Crippen LogP contribution in [-0.2, 0) is 27.2 Å². The van der Waals surface area contributed by atoms with E-state index in [-0.39, 0.29) is 27.3 Å². The molecule has 0 bridgehead atoms. The molecule has 1 amide bonds. The first kappa shape index (κ1) is 34.2. The molecular formula is C34H30F4N4O5S. The number of rotatable bonds is 10. The van der Waals surface area contributed by atoms with Crippen molar-refractivity contribution < 1.29 is 35.5 Å². The lowest BCUT2D eigenvalue weighted by Gasteiger charge is -2.35. The van der Waals surface area contributed by atoms with Crippen LogP contribution in [0.2, 0.25) is 0 Å². The Kier molecular flexibility index (Phi) is 9.66. The molecule has 2 heterocycles. The number of halogens is 4. The summed E-state index contributed by atoms with van der Waals surface area (Å²) in [6, 6.07) is 17.7. The van der Waals surface area contributed by atoms with Gasteiger partial charge in [-0.3, -0.25) is 14.2 Å². The van der Waals surface area contributed by atoms with Crippen molar-refractivity contribution in [2.45, 2.75) is 49.7 Å². The van der Waals surface area contributed by atoms with Crippen molar-refractivity contribution in [1.82, 2.24) is 19.4 Å². The minimum Gasteiger partial charge on any atom is -0.494 e. The van der Waals surface area contributed by atoms with Crippen molar-refractivity contribution in [3.8, 4) is 11.4 Å². The highest BCUT2D eigenvalue weighted by molar-refractivity contribution is 7.92. The molecule has 2 unspecified atom stereocenters. The lowest BCUT2D eigenvalue weighted by atomic mass is 10.1. The Bertz CT molecular complexity index is 2120. The van der Waals surface area contributed by atoms with Crippen LogP contribution >= 0.6 is 0 Å². The quantitative estimate of drug-likeness (QED) is 0.159. The zero-order valence-corrected chi connectivity index (χ0v) is 26.8. The smallest absolute Gasteiger partial charge is 0.419 e. The van der Waals surface area contributed by atoms with Crippen LogP contribution in [0.3, 0.4) is 0 Å². The summed E-state index contributed by atoms with van der Waals surface area (Å²) < 4.78 is 89.2. The lowest BCUT2D eigenvalue weighted by Crippen LogP contribution is -2.47. The van der Waals surface area contributed by atoms with Gasteiger partial charge in [-0.2, -0.15) is 13.2 Å². The molecule has 48 heavy (non-hydrogen) atoms. The summed E-state index contributed by atoms with van der Waals surface area (Å²) in [5.41, 5.74) is -1.97. The van der Waals surface area contributed by atoms with E-state index < -0.39 is 56.7 Å². The molecule has 2 atom stereocenters. The van der Waals surface area contributed by atoms with E-state index in [0.717, 1.165) is 11.0 Å². The first-order chi connectivity index (χ1) is 22.7. The molecule has 0 N–H and O–H groups in total. The zero-order chi connectivity index (χ0) is 34.8. The third kappa shape index (κ3) is 6.79. The Labute approximate surface area is 273 Å². The Morgan fingerprint density at radius 1 is 0.979 bits per heavy atom. The van der Waals surface area contributed by atoms with Gasteiger partial charge in [0.1, 0.15) is 22.8 Å². The van der Waals surface area contributed by atoms with Crippen LogP contribution in [0.4, 0.5) is 17.6 Å². The van der Waals surface area contributed by atoms with Crippen molar-refractivity contribution in [3.05, 3.63) is 124 Å². The number of alkyl halides is 3. The second-order valence-electron chi connectivity index (χ2n) is 10.8. The average molecular weight is 683 g/mol. The second kappa shape index (κ2) is 13.6. The number of benzene rings is 3. The Balaban J connectivity index is 1.69. The van der Waals surface area contributed by atoms with E-state index in [1.54, 1.807) is 36.4 Å². The van der Waals surface area contributed by atoms with Gasteiger partial charge in [-0.25, -0.2) is 22.8 Å². The van der Waals surface area contributed by atoms with Gasteiger partial charge < -0.3 is 9.64 Å². The highest BCUT2D eigenvalue weighted by Crippen LogP contribution is 2.33. The molecular weight excluding hydrogens is 652 g/mol. The largest absolute Gasteiger partial charge is 0.494 e. The predicted octanol–water partition coefficient (Wildman–Crippen LogP) is 6.29. The van der Waals surface area contributed by atoms with E-state index in [1.165, 1.54) is 54.9 Å². The normalized spacial score (nSPS) is 13.2. The monoisotopic (exact) mass is 682 g/mol. The fraction of sp³-hybridized carbons (Fsp3) is 0.235. The summed E-state index contributed by atoms with van der Waals surface area (Å²) in [6.07, 6.45) is -4.33. The Morgan fingerprint density at radius 2 is 1.67 bits per heavy atom. The molecule has 5 aromatic rings. The van der Waals surface area contributed by atoms with Crippen LogP contribution in [0.15, 0.2) is 101 Å². The van der Waals surface area contributed by atoms with Gasteiger partial charge in [0.25, 0.3) is 5.56 Å². The summed E-state index contributed by atoms with van der Waals surface area (Å²) in [4.78, 5) is 37.8. The van der Waals surface area contributed by atoms with Gasteiger partial charge >= 0.3 is 6.18 Å². The van der Waals surface area contributed by atoms with Crippen molar-refractivity contribution >= 4 is 26.8 Å². The molecule has 3 aromatic carbocycles. The number of sulfone groups is 1. The number of carbonyl (C=O) groups is 1. The number of amides is 1. The van der Waals surface area contributed by atoms with Crippen molar-refractivity contribution in [2.24, 2.45) is 0 Å². The van der Waals surface area contributed by atoms with E-state index in [4.69, 9.17) is 4.74 Å². The van der Waals surface area contributed by atoms with Gasteiger partial charge in [0.15, 0.2) is 15.5 Å². The summed E-state index contributed by atoms with van der Waals surface area (Å²) in [6.45, 7) is 4.93. The number of fused-ring (bicyclic) bond motifs is 1. The molecule has 0 fully saturated rings. The summed E-state index contributed by atoms with van der Waals surface area (Å²) >= 11 is 0. The molecule has 5 rings (SSSR count). The van der Waals surface area contributed by atoms with Gasteiger partial charge in [0, 0.05) is 6.20 Å².